The van der Waals surface area contributed by atoms with Gasteiger partial charge < -0.3 is 14.8 Å². The van der Waals surface area contributed by atoms with Crippen molar-refractivity contribution in [3.05, 3.63) is 21.4 Å². The maximum absolute atomic E-state index is 11.7. The third-order valence-corrected chi connectivity index (χ3v) is 5.19. The average molecular weight is 461 g/mol. The smallest absolute Gasteiger partial charge is 0.407 e. The maximum atomic E-state index is 11.7. The Kier molecular flexibility index (Phi) is 7.30. The Morgan fingerprint density at radius 2 is 2.08 bits per heavy atom. The molecule has 1 aliphatic rings. The van der Waals surface area contributed by atoms with E-state index in [0.717, 1.165) is 38.0 Å². The predicted octanol–water partition coefficient (Wildman–Crippen LogP) is 3.43. The number of pyridine rings is 1. The molecule has 0 saturated carbocycles. The van der Waals surface area contributed by atoms with E-state index < -0.39 is 5.60 Å². The first-order valence-corrected chi connectivity index (χ1v) is 9.73. The first-order chi connectivity index (χ1) is 11.8. The zero-order valence-electron chi connectivity index (χ0n) is 15.5. The van der Waals surface area contributed by atoms with Crippen molar-refractivity contribution in [2.24, 2.45) is 5.92 Å². The summed E-state index contributed by atoms with van der Waals surface area (Å²) in [5, 5.41) is 2.89. The minimum absolute atomic E-state index is 0.329. The Morgan fingerprint density at radius 3 is 2.68 bits per heavy atom. The highest BCUT2D eigenvalue weighted by Crippen LogP contribution is 2.25. The Morgan fingerprint density at radius 1 is 1.40 bits per heavy atom. The third kappa shape index (κ3) is 6.62. The number of piperidine rings is 1. The number of likely N-dealkylation sites (tertiary alicyclic amines) is 1. The monoisotopic (exact) mass is 461 g/mol. The molecule has 1 fully saturated rings. The van der Waals surface area contributed by atoms with E-state index in [1.54, 1.807) is 13.3 Å². The summed E-state index contributed by atoms with van der Waals surface area (Å²) in [6.07, 6.45) is 3.58. The fourth-order valence-corrected chi connectivity index (χ4v) is 3.45. The number of hydrogen-bond donors (Lipinski definition) is 1. The van der Waals surface area contributed by atoms with Gasteiger partial charge in [-0.1, -0.05) is 0 Å². The molecular weight excluding hydrogens is 433 g/mol. The number of carbonyl (C=O) groups excluding carboxylic acids is 1. The van der Waals surface area contributed by atoms with Crippen LogP contribution >= 0.6 is 22.6 Å². The van der Waals surface area contributed by atoms with Crippen LogP contribution < -0.4 is 10.1 Å². The number of hydrogen-bond acceptors (Lipinski definition) is 5. The van der Waals surface area contributed by atoms with Gasteiger partial charge in [0.1, 0.15) is 5.60 Å². The quantitative estimate of drug-likeness (QED) is 0.681. The molecule has 2 heterocycles. The molecule has 2 rings (SSSR count). The molecule has 1 saturated heterocycles. The van der Waals surface area contributed by atoms with Gasteiger partial charge in [-0.15, -0.1) is 0 Å². The van der Waals surface area contributed by atoms with E-state index >= 15 is 0 Å². The van der Waals surface area contributed by atoms with E-state index in [2.05, 4.69) is 37.8 Å². The van der Waals surface area contributed by atoms with Gasteiger partial charge in [-0.2, -0.15) is 0 Å². The van der Waals surface area contributed by atoms with Gasteiger partial charge in [0.25, 0.3) is 0 Å². The molecule has 1 N–H and O–H groups in total. The van der Waals surface area contributed by atoms with Crippen molar-refractivity contribution in [3.63, 3.8) is 0 Å². The maximum Gasteiger partial charge on any atom is 0.407 e. The number of nitrogens with zero attached hydrogens (tertiary/aromatic N) is 2. The van der Waals surface area contributed by atoms with Gasteiger partial charge in [0, 0.05) is 28.4 Å². The molecule has 0 atom stereocenters. The fourth-order valence-electron chi connectivity index (χ4n) is 2.88. The summed E-state index contributed by atoms with van der Waals surface area (Å²) < 4.78 is 11.9. The Hall–Kier alpha value is -1.09. The van der Waals surface area contributed by atoms with Gasteiger partial charge >= 0.3 is 6.09 Å². The molecule has 0 aromatic carbocycles. The molecular formula is C18H28IN3O3. The van der Waals surface area contributed by atoms with E-state index in [4.69, 9.17) is 9.47 Å². The molecule has 0 radical (unpaired) electrons. The van der Waals surface area contributed by atoms with Crippen molar-refractivity contribution in [2.45, 2.75) is 45.8 Å². The number of alkyl carbamates (subject to hydrolysis) is 1. The summed E-state index contributed by atoms with van der Waals surface area (Å²) in [5.41, 5.74) is 0.698. The van der Waals surface area contributed by atoms with E-state index in [1.807, 2.05) is 26.8 Å². The second-order valence-electron chi connectivity index (χ2n) is 7.38. The lowest BCUT2D eigenvalue weighted by Crippen LogP contribution is -2.40. The summed E-state index contributed by atoms with van der Waals surface area (Å²) in [4.78, 5) is 18.5. The lowest BCUT2D eigenvalue weighted by atomic mass is 9.96. The number of amides is 1. The number of rotatable bonds is 5. The van der Waals surface area contributed by atoms with Gasteiger partial charge in [0.2, 0.25) is 5.88 Å². The lowest BCUT2D eigenvalue weighted by molar-refractivity contribution is 0.0509. The van der Waals surface area contributed by atoms with Crippen molar-refractivity contribution in [3.8, 4) is 5.88 Å². The first-order valence-electron chi connectivity index (χ1n) is 8.65. The molecule has 25 heavy (non-hydrogen) atoms. The molecule has 0 spiro atoms. The highest BCUT2D eigenvalue weighted by atomic mass is 127. The molecule has 0 aliphatic carbocycles. The van der Waals surface area contributed by atoms with Crippen LogP contribution in [0.1, 0.15) is 39.2 Å². The average Bonchev–Trinajstić information content (AvgIpc) is 2.54. The van der Waals surface area contributed by atoms with E-state index in [9.17, 15) is 4.79 Å². The van der Waals surface area contributed by atoms with E-state index in [0.29, 0.717) is 18.3 Å². The number of aromatic nitrogens is 1. The second-order valence-corrected chi connectivity index (χ2v) is 8.55. The summed E-state index contributed by atoms with van der Waals surface area (Å²) in [5.74, 6) is 1.21. The first kappa shape index (κ1) is 20.2. The van der Waals surface area contributed by atoms with Crippen LogP contribution in [0.5, 0.6) is 5.88 Å². The van der Waals surface area contributed by atoms with Crippen molar-refractivity contribution in [1.29, 1.82) is 0 Å². The van der Waals surface area contributed by atoms with Crippen molar-refractivity contribution in [1.82, 2.24) is 15.2 Å². The standard InChI is InChI=1S/C18H28IN3O3/c1-18(2,3)25-17(23)21-11-13-6-9-22(10-7-13)12-14-15(19)5-8-20-16(14)24-4/h5,8,13H,6-7,9-12H2,1-4H3,(H,21,23). The van der Waals surface area contributed by atoms with Gasteiger partial charge in [-0.25, -0.2) is 9.78 Å². The number of nitrogens with one attached hydrogen (secondary N) is 1. The van der Waals surface area contributed by atoms with Crippen LogP contribution in [-0.4, -0.2) is 48.3 Å². The molecule has 0 unspecified atom stereocenters. The lowest BCUT2D eigenvalue weighted by Gasteiger charge is -2.32. The molecule has 1 amide bonds. The Balaban J connectivity index is 1.78. The molecule has 1 aromatic rings. The molecule has 7 heteroatoms. The minimum atomic E-state index is -0.451. The number of carbonyl (C=O) groups is 1. The van der Waals surface area contributed by atoms with Gasteiger partial charge in [-0.05, 0) is 81.3 Å². The molecule has 6 nitrogen and oxygen atoms in total. The SMILES string of the molecule is COc1nccc(I)c1CN1CCC(CNC(=O)OC(C)(C)C)CC1. The largest absolute Gasteiger partial charge is 0.481 e. The fraction of sp³-hybridized carbons (Fsp3) is 0.667. The zero-order valence-corrected chi connectivity index (χ0v) is 17.6. The predicted molar refractivity (Wildman–Crippen MR) is 106 cm³/mol. The minimum Gasteiger partial charge on any atom is -0.481 e. The highest BCUT2D eigenvalue weighted by Gasteiger charge is 2.23. The zero-order chi connectivity index (χ0) is 18.4. The molecule has 140 valence electrons. The van der Waals surface area contributed by atoms with Crippen LogP contribution in [0.2, 0.25) is 0 Å². The molecule has 0 bridgehead atoms. The number of methoxy groups -OCH3 is 1. The Labute approximate surface area is 163 Å². The van der Waals surface area contributed by atoms with Crippen molar-refractivity contribution < 1.29 is 14.3 Å². The van der Waals surface area contributed by atoms with Crippen LogP contribution in [0, 0.1) is 9.49 Å². The van der Waals surface area contributed by atoms with Gasteiger partial charge in [0.05, 0.1) is 7.11 Å². The van der Waals surface area contributed by atoms with E-state index in [1.165, 1.54) is 3.57 Å². The summed E-state index contributed by atoms with van der Waals surface area (Å²) in [6.45, 7) is 9.17. The normalized spacial score (nSPS) is 16.5. The van der Waals surface area contributed by atoms with Crippen LogP contribution in [-0.2, 0) is 11.3 Å². The van der Waals surface area contributed by atoms with E-state index in [-0.39, 0.29) is 6.09 Å². The molecule has 1 aliphatic heterocycles. The number of ether oxygens (including phenoxy) is 2. The van der Waals surface area contributed by atoms with Crippen molar-refractivity contribution >= 4 is 28.7 Å². The van der Waals surface area contributed by atoms with Crippen LogP contribution in [0.4, 0.5) is 4.79 Å². The second kappa shape index (κ2) is 9.02. The summed E-state index contributed by atoms with van der Waals surface area (Å²) >= 11 is 2.33. The van der Waals surface area contributed by atoms with Crippen LogP contribution in [0.25, 0.3) is 0 Å². The number of halogens is 1. The van der Waals surface area contributed by atoms with Crippen LogP contribution in [0.15, 0.2) is 12.3 Å². The summed E-state index contributed by atoms with van der Waals surface area (Å²) in [6, 6.07) is 2.01. The van der Waals surface area contributed by atoms with Crippen LogP contribution in [0.3, 0.4) is 0 Å². The van der Waals surface area contributed by atoms with Gasteiger partial charge in [-0.3, -0.25) is 4.90 Å². The topological polar surface area (TPSA) is 63.7 Å². The van der Waals surface area contributed by atoms with Gasteiger partial charge in [0.15, 0.2) is 0 Å². The summed E-state index contributed by atoms with van der Waals surface area (Å²) in [7, 11) is 1.66. The third-order valence-electron chi connectivity index (χ3n) is 4.18. The Bertz CT molecular complexity index is 581. The highest BCUT2D eigenvalue weighted by molar-refractivity contribution is 14.1. The molecule has 1 aromatic heterocycles. The van der Waals surface area contributed by atoms with Crippen molar-refractivity contribution in [2.75, 3.05) is 26.7 Å².